The summed E-state index contributed by atoms with van der Waals surface area (Å²) >= 11 is 4.93. The summed E-state index contributed by atoms with van der Waals surface area (Å²) in [5.74, 6) is 0. The summed E-state index contributed by atoms with van der Waals surface area (Å²) in [6.07, 6.45) is 2.17. The lowest BCUT2D eigenvalue weighted by Gasteiger charge is -2.20. The molecule has 0 fully saturated rings. The number of nitrogens with two attached hydrogens (primary N) is 1. The van der Waals surface area contributed by atoms with Crippen LogP contribution in [0.4, 0.5) is 0 Å². The first kappa shape index (κ1) is 25.6. The highest BCUT2D eigenvalue weighted by atomic mass is 32.1. The fourth-order valence-electron chi connectivity index (χ4n) is 3.88. The molecule has 0 atom stereocenters. The van der Waals surface area contributed by atoms with Gasteiger partial charge in [0, 0.05) is 22.2 Å². The van der Waals surface area contributed by atoms with Crippen molar-refractivity contribution < 1.29 is 0 Å². The first-order valence-electron chi connectivity index (χ1n) is 11.9. The molecule has 0 spiro atoms. The minimum Gasteiger partial charge on any atom is -0.382 e. The molecule has 176 valence electrons. The van der Waals surface area contributed by atoms with Crippen LogP contribution in [0, 0.1) is 0 Å². The second-order valence-electron chi connectivity index (χ2n) is 9.17. The molecule has 0 amide bonds. The first-order chi connectivity index (χ1) is 16.3. The van der Waals surface area contributed by atoms with E-state index in [9.17, 15) is 0 Å². The van der Waals surface area contributed by atoms with Gasteiger partial charge in [-0.2, -0.15) is 0 Å². The molecule has 3 N–H and O–H groups in total. The molecule has 0 aliphatic heterocycles. The summed E-state index contributed by atoms with van der Waals surface area (Å²) in [6, 6.07) is 30.5. The van der Waals surface area contributed by atoms with Gasteiger partial charge in [0.1, 0.15) is 0 Å². The van der Waals surface area contributed by atoms with Crippen molar-refractivity contribution in [2.45, 2.75) is 46.7 Å². The third-order valence-electron chi connectivity index (χ3n) is 5.37. The van der Waals surface area contributed by atoms with E-state index in [-0.39, 0.29) is 0 Å². The van der Waals surface area contributed by atoms with Gasteiger partial charge in [0.25, 0.3) is 0 Å². The average Bonchev–Trinajstić information content (AvgIpc) is 2.81. The molecular weight excluding hydrogens is 432 g/mol. The molecule has 0 bridgehead atoms. The average molecular weight is 469 g/mol. The summed E-state index contributed by atoms with van der Waals surface area (Å²) in [6.45, 7) is 10.4. The van der Waals surface area contributed by atoms with Gasteiger partial charge in [-0.25, -0.2) is 0 Å². The van der Waals surface area contributed by atoms with Crippen molar-refractivity contribution in [1.29, 1.82) is 0 Å². The van der Waals surface area contributed by atoms with Crippen molar-refractivity contribution in [3.63, 3.8) is 0 Å². The van der Waals surface area contributed by atoms with Crippen LogP contribution in [0.5, 0.6) is 0 Å². The number of hydrogen-bond donors (Lipinski definition) is 3. The smallest absolute Gasteiger partial charge is 0.0462 e. The van der Waals surface area contributed by atoms with Crippen molar-refractivity contribution in [1.82, 2.24) is 5.32 Å². The molecule has 3 heteroatoms. The Hall–Kier alpha value is -3.01. The molecule has 4 aromatic rings. The van der Waals surface area contributed by atoms with Crippen molar-refractivity contribution in [3.8, 4) is 0 Å². The Morgan fingerprint density at radius 1 is 0.765 bits per heavy atom. The first-order valence-corrected chi connectivity index (χ1v) is 12.3. The maximum Gasteiger partial charge on any atom is 0.0462 e. The Kier molecular flexibility index (Phi) is 8.98. The van der Waals surface area contributed by atoms with Crippen LogP contribution in [-0.2, 0) is 0 Å². The Labute approximate surface area is 210 Å². The summed E-state index contributed by atoms with van der Waals surface area (Å²) in [5, 5.41) is 8.64. The highest BCUT2D eigenvalue weighted by Gasteiger charge is 2.13. The Balaban J connectivity index is 0.000000751. The topological polar surface area (TPSA) is 38.0 Å². The highest BCUT2D eigenvalue weighted by molar-refractivity contribution is 7.85. The summed E-state index contributed by atoms with van der Waals surface area (Å²) in [7, 11) is 0. The van der Waals surface area contributed by atoms with Crippen molar-refractivity contribution in [2.24, 2.45) is 5.73 Å². The van der Waals surface area contributed by atoms with Gasteiger partial charge in [0.2, 0.25) is 0 Å². The van der Waals surface area contributed by atoms with Gasteiger partial charge in [-0.15, -0.1) is 12.6 Å². The summed E-state index contributed by atoms with van der Waals surface area (Å²) < 4.78 is 0. The van der Waals surface area contributed by atoms with E-state index < -0.39 is 0 Å². The van der Waals surface area contributed by atoms with E-state index in [4.69, 9.17) is 18.4 Å². The molecule has 0 saturated heterocycles. The third kappa shape index (κ3) is 6.53. The SMILES string of the molecule is CC(/C(S)=C/c1cccc2ccccc12)=C(/NC(C)C)c1cccc2ccccc12.CC(C)N. The molecule has 4 aromatic carbocycles. The molecule has 0 aliphatic carbocycles. The minimum absolute atomic E-state index is 0.313. The lowest BCUT2D eigenvalue weighted by atomic mass is 9.98. The number of allylic oxidation sites excluding steroid dienone is 1. The van der Waals surface area contributed by atoms with Gasteiger partial charge in [-0.1, -0.05) is 98.8 Å². The van der Waals surface area contributed by atoms with Gasteiger partial charge in [0.15, 0.2) is 0 Å². The van der Waals surface area contributed by atoms with E-state index in [0.717, 1.165) is 16.2 Å². The zero-order valence-electron chi connectivity index (χ0n) is 20.8. The van der Waals surface area contributed by atoms with E-state index in [2.05, 4.69) is 117 Å². The van der Waals surface area contributed by atoms with Crippen LogP contribution >= 0.6 is 12.6 Å². The normalized spacial score (nSPS) is 12.6. The van der Waals surface area contributed by atoms with Crippen molar-refractivity contribution in [2.75, 3.05) is 0 Å². The van der Waals surface area contributed by atoms with E-state index in [1.165, 1.54) is 32.7 Å². The quantitative estimate of drug-likeness (QED) is 0.205. The molecule has 34 heavy (non-hydrogen) atoms. The van der Waals surface area contributed by atoms with Crippen molar-refractivity contribution in [3.05, 3.63) is 107 Å². The van der Waals surface area contributed by atoms with Crippen LogP contribution in [0.2, 0.25) is 0 Å². The van der Waals surface area contributed by atoms with Crippen molar-refractivity contribution >= 4 is 45.9 Å². The van der Waals surface area contributed by atoms with Gasteiger partial charge in [-0.05, 0) is 65.6 Å². The van der Waals surface area contributed by atoms with Gasteiger partial charge >= 0.3 is 0 Å². The number of fused-ring (bicyclic) bond motifs is 2. The van der Waals surface area contributed by atoms with Crippen LogP contribution in [0.3, 0.4) is 0 Å². The third-order valence-corrected chi connectivity index (χ3v) is 5.83. The fourth-order valence-corrected chi connectivity index (χ4v) is 4.13. The monoisotopic (exact) mass is 468 g/mol. The molecule has 2 nitrogen and oxygen atoms in total. The Bertz CT molecular complexity index is 1300. The molecule has 4 rings (SSSR count). The number of thiol groups is 1. The summed E-state index contributed by atoms with van der Waals surface area (Å²) in [5.41, 5.74) is 9.76. The lowest BCUT2D eigenvalue weighted by molar-refractivity contribution is 0.715. The van der Waals surface area contributed by atoms with Crippen LogP contribution in [0.25, 0.3) is 33.3 Å². The van der Waals surface area contributed by atoms with E-state index in [1.807, 2.05) is 13.8 Å². The molecule has 0 unspecified atom stereocenters. The second kappa shape index (κ2) is 11.9. The van der Waals surface area contributed by atoms with Crippen LogP contribution in [0.1, 0.15) is 45.7 Å². The molecule has 0 aromatic heterocycles. The summed E-state index contributed by atoms with van der Waals surface area (Å²) in [4.78, 5) is 0.961. The van der Waals surface area contributed by atoms with E-state index in [1.54, 1.807) is 0 Å². The van der Waals surface area contributed by atoms with Crippen LogP contribution in [0.15, 0.2) is 95.4 Å². The van der Waals surface area contributed by atoms with E-state index in [0.29, 0.717) is 12.1 Å². The predicted molar refractivity (Wildman–Crippen MR) is 155 cm³/mol. The van der Waals surface area contributed by atoms with E-state index >= 15 is 0 Å². The van der Waals surface area contributed by atoms with Gasteiger partial charge in [-0.3, -0.25) is 0 Å². The largest absolute Gasteiger partial charge is 0.382 e. The zero-order valence-corrected chi connectivity index (χ0v) is 21.7. The lowest BCUT2D eigenvalue weighted by Crippen LogP contribution is -2.22. The standard InChI is InChI=1S/C28H27NS.C3H9N/c1-19(2)29-28(26-17-9-13-22-11-5-7-16-25(22)26)20(3)27(30)18-23-14-8-12-21-10-4-6-15-24(21)23;1-3(2)4/h4-19,29-30H,1-3H3;3H,4H2,1-2H3/b27-18-,28-20-;. The van der Waals surface area contributed by atoms with Crippen LogP contribution < -0.4 is 11.1 Å². The zero-order chi connectivity index (χ0) is 24.7. The maximum absolute atomic E-state index is 5.11. The number of rotatable bonds is 5. The van der Waals surface area contributed by atoms with Crippen LogP contribution in [-0.4, -0.2) is 12.1 Å². The molecular formula is C31H36N2S. The fraction of sp³-hybridized carbons (Fsp3) is 0.226. The van der Waals surface area contributed by atoms with Gasteiger partial charge in [0.05, 0.1) is 0 Å². The predicted octanol–water partition coefficient (Wildman–Crippen LogP) is 8.05. The molecule has 0 saturated carbocycles. The highest BCUT2D eigenvalue weighted by Crippen LogP contribution is 2.31. The molecule has 0 heterocycles. The number of benzene rings is 4. The Morgan fingerprint density at radius 3 is 1.88 bits per heavy atom. The minimum atomic E-state index is 0.313. The van der Waals surface area contributed by atoms with Gasteiger partial charge < -0.3 is 11.1 Å². The number of nitrogens with one attached hydrogen (secondary N) is 1. The number of hydrogen-bond acceptors (Lipinski definition) is 3. The second-order valence-corrected chi connectivity index (χ2v) is 9.65. The molecule has 0 aliphatic rings. The molecule has 0 radical (unpaired) electrons. The maximum atomic E-state index is 5.11. The Morgan fingerprint density at radius 2 is 1.26 bits per heavy atom.